The van der Waals surface area contributed by atoms with Gasteiger partial charge >= 0.3 is 0 Å². The molecular formula is C15H12N2O3S. The van der Waals surface area contributed by atoms with Gasteiger partial charge in [0.05, 0.1) is 5.56 Å². The lowest BCUT2D eigenvalue weighted by Gasteiger charge is -2.03. The van der Waals surface area contributed by atoms with Gasteiger partial charge in [0.25, 0.3) is 5.89 Å². The summed E-state index contributed by atoms with van der Waals surface area (Å²) in [6.45, 7) is 1.74. The standard InChI is InChI=1S/C15H12N2O3S/c1-10(18)11-2-4-13(5-3-11)19-8-14-16-15(20-17-14)12-6-7-21-9-12/h2-7,9H,8H2,1H3. The largest absolute Gasteiger partial charge is 0.485 e. The van der Waals surface area contributed by atoms with Crippen molar-refractivity contribution in [2.24, 2.45) is 0 Å². The normalized spacial score (nSPS) is 10.5. The summed E-state index contributed by atoms with van der Waals surface area (Å²) >= 11 is 1.57. The van der Waals surface area contributed by atoms with Gasteiger partial charge in [0.2, 0.25) is 5.82 Å². The molecule has 0 atom stereocenters. The Labute approximate surface area is 125 Å². The van der Waals surface area contributed by atoms with E-state index in [0.29, 0.717) is 23.0 Å². The van der Waals surface area contributed by atoms with Crippen LogP contribution in [-0.2, 0) is 6.61 Å². The predicted molar refractivity (Wildman–Crippen MR) is 78.4 cm³/mol. The van der Waals surface area contributed by atoms with E-state index in [2.05, 4.69) is 10.1 Å². The first-order valence-corrected chi connectivity index (χ1v) is 7.25. The second kappa shape index (κ2) is 5.88. The van der Waals surface area contributed by atoms with E-state index in [4.69, 9.17) is 9.26 Å². The number of carbonyl (C=O) groups is 1. The molecule has 0 amide bonds. The number of hydrogen-bond donors (Lipinski definition) is 0. The Bertz CT molecular complexity index is 733. The van der Waals surface area contributed by atoms with E-state index in [1.165, 1.54) is 6.92 Å². The van der Waals surface area contributed by atoms with Crippen LogP contribution in [0.2, 0.25) is 0 Å². The van der Waals surface area contributed by atoms with E-state index >= 15 is 0 Å². The zero-order chi connectivity index (χ0) is 14.7. The van der Waals surface area contributed by atoms with Crippen molar-refractivity contribution in [3.05, 3.63) is 52.5 Å². The Kier molecular flexibility index (Phi) is 3.79. The summed E-state index contributed by atoms with van der Waals surface area (Å²) in [6, 6.07) is 8.87. The maximum absolute atomic E-state index is 11.2. The summed E-state index contributed by atoms with van der Waals surface area (Å²) < 4.78 is 10.7. The summed E-state index contributed by atoms with van der Waals surface area (Å²) in [6.07, 6.45) is 0. The van der Waals surface area contributed by atoms with Crippen molar-refractivity contribution in [3.63, 3.8) is 0 Å². The molecule has 2 aromatic heterocycles. The van der Waals surface area contributed by atoms with E-state index in [1.807, 2.05) is 16.8 Å². The molecule has 0 spiro atoms. The SMILES string of the molecule is CC(=O)c1ccc(OCc2noc(-c3ccsc3)n2)cc1. The van der Waals surface area contributed by atoms with E-state index in [1.54, 1.807) is 35.6 Å². The molecule has 6 heteroatoms. The molecule has 0 unspecified atom stereocenters. The highest BCUT2D eigenvalue weighted by Gasteiger charge is 2.09. The lowest BCUT2D eigenvalue weighted by Crippen LogP contribution is -1.98. The van der Waals surface area contributed by atoms with Crippen molar-refractivity contribution in [3.8, 4) is 17.2 Å². The molecule has 1 aromatic carbocycles. The van der Waals surface area contributed by atoms with Gasteiger partial charge in [-0.1, -0.05) is 5.16 Å². The first-order chi connectivity index (χ1) is 10.2. The van der Waals surface area contributed by atoms with Crippen molar-refractivity contribution < 1.29 is 14.1 Å². The van der Waals surface area contributed by atoms with Gasteiger partial charge in [-0.2, -0.15) is 16.3 Å². The number of aromatic nitrogens is 2. The average molecular weight is 300 g/mol. The van der Waals surface area contributed by atoms with Gasteiger partial charge in [0, 0.05) is 10.9 Å². The van der Waals surface area contributed by atoms with E-state index in [-0.39, 0.29) is 12.4 Å². The van der Waals surface area contributed by atoms with Crippen LogP contribution in [0.4, 0.5) is 0 Å². The fourth-order valence-corrected chi connectivity index (χ4v) is 2.38. The number of Topliss-reactive ketones (excluding diaryl/α,β-unsaturated/α-hetero) is 1. The van der Waals surface area contributed by atoms with Crippen LogP contribution in [0, 0.1) is 0 Å². The number of ether oxygens (including phenoxy) is 1. The molecule has 0 fully saturated rings. The number of rotatable bonds is 5. The number of benzene rings is 1. The number of hydrogen-bond acceptors (Lipinski definition) is 6. The minimum Gasteiger partial charge on any atom is -0.485 e. The van der Waals surface area contributed by atoms with Crippen LogP contribution < -0.4 is 4.74 Å². The first kappa shape index (κ1) is 13.5. The van der Waals surface area contributed by atoms with Crippen molar-refractivity contribution >= 4 is 17.1 Å². The highest BCUT2D eigenvalue weighted by atomic mass is 32.1. The second-order valence-corrected chi connectivity index (χ2v) is 5.18. The number of nitrogens with zero attached hydrogens (tertiary/aromatic N) is 2. The van der Waals surface area contributed by atoms with Crippen molar-refractivity contribution in [1.29, 1.82) is 0 Å². The summed E-state index contributed by atoms with van der Waals surface area (Å²) in [5.41, 5.74) is 1.56. The fourth-order valence-electron chi connectivity index (χ4n) is 1.75. The minimum atomic E-state index is 0.0279. The summed E-state index contributed by atoms with van der Waals surface area (Å²) in [5.74, 6) is 1.65. The Morgan fingerprint density at radius 2 is 2.10 bits per heavy atom. The Hall–Kier alpha value is -2.47. The summed E-state index contributed by atoms with van der Waals surface area (Å²) in [7, 11) is 0. The second-order valence-electron chi connectivity index (χ2n) is 4.40. The maximum Gasteiger partial charge on any atom is 0.258 e. The van der Waals surface area contributed by atoms with Gasteiger partial charge in [-0.25, -0.2) is 0 Å². The Balaban J connectivity index is 1.64. The molecule has 106 valence electrons. The lowest BCUT2D eigenvalue weighted by molar-refractivity contribution is 0.101. The number of ketones is 1. The first-order valence-electron chi connectivity index (χ1n) is 6.31. The molecule has 0 saturated carbocycles. The molecule has 0 bridgehead atoms. The summed E-state index contributed by atoms with van der Waals surface area (Å²) in [4.78, 5) is 15.4. The molecule has 0 aliphatic heterocycles. The lowest BCUT2D eigenvalue weighted by atomic mass is 10.1. The van der Waals surface area contributed by atoms with Crippen LogP contribution in [0.5, 0.6) is 5.75 Å². The Morgan fingerprint density at radius 3 is 2.76 bits per heavy atom. The van der Waals surface area contributed by atoms with Gasteiger partial charge in [0.15, 0.2) is 12.4 Å². The summed E-state index contributed by atoms with van der Waals surface area (Å²) in [5, 5.41) is 7.77. The van der Waals surface area contributed by atoms with Gasteiger partial charge in [-0.15, -0.1) is 0 Å². The van der Waals surface area contributed by atoms with E-state index in [0.717, 1.165) is 5.56 Å². The monoisotopic (exact) mass is 300 g/mol. The Morgan fingerprint density at radius 1 is 1.29 bits per heavy atom. The van der Waals surface area contributed by atoms with E-state index < -0.39 is 0 Å². The van der Waals surface area contributed by atoms with Crippen LogP contribution in [0.1, 0.15) is 23.1 Å². The molecular weight excluding hydrogens is 288 g/mol. The quantitative estimate of drug-likeness (QED) is 0.674. The molecule has 21 heavy (non-hydrogen) atoms. The topological polar surface area (TPSA) is 65.2 Å². The zero-order valence-corrected chi connectivity index (χ0v) is 12.1. The minimum absolute atomic E-state index is 0.0279. The smallest absolute Gasteiger partial charge is 0.258 e. The van der Waals surface area contributed by atoms with Crippen molar-refractivity contribution in [2.75, 3.05) is 0 Å². The highest BCUT2D eigenvalue weighted by molar-refractivity contribution is 7.08. The molecule has 3 rings (SSSR count). The number of thiophene rings is 1. The van der Waals surface area contributed by atoms with Crippen molar-refractivity contribution in [1.82, 2.24) is 10.1 Å². The van der Waals surface area contributed by atoms with Gasteiger partial charge in [0.1, 0.15) is 5.75 Å². The molecule has 0 saturated heterocycles. The molecule has 2 heterocycles. The number of carbonyl (C=O) groups excluding carboxylic acids is 1. The molecule has 0 radical (unpaired) electrons. The molecule has 3 aromatic rings. The third kappa shape index (κ3) is 3.17. The predicted octanol–water partition coefficient (Wildman–Crippen LogP) is 3.58. The molecule has 0 N–H and O–H groups in total. The van der Waals surface area contributed by atoms with Crippen LogP contribution in [0.3, 0.4) is 0 Å². The van der Waals surface area contributed by atoms with Crippen LogP contribution in [-0.4, -0.2) is 15.9 Å². The third-order valence-corrected chi connectivity index (χ3v) is 3.55. The maximum atomic E-state index is 11.2. The van der Waals surface area contributed by atoms with Crippen LogP contribution in [0.15, 0.2) is 45.6 Å². The molecule has 5 nitrogen and oxygen atoms in total. The van der Waals surface area contributed by atoms with Gasteiger partial charge in [-0.3, -0.25) is 4.79 Å². The zero-order valence-electron chi connectivity index (χ0n) is 11.3. The van der Waals surface area contributed by atoms with Crippen LogP contribution in [0.25, 0.3) is 11.5 Å². The van der Waals surface area contributed by atoms with Crippen molar-refractivity contribution in [2.45, 2.75) is 13.5 Å². The van der Waals surface area contributed by atoms with Crippen LogP contribution >= 0.6 is 11.3 Å². The van der Waals surface area contributed by atoms with Gasteiger partial charge < -0.3 is 9.26 Å². The fraction of sp³-hybridized carbons (Fsp3) is 0.133. The third-order valence-electron chi connectivity index (χ3n) is 2.86. The van der Waals surface area contributed by atoms with E-state index in [9.17, 15) is 4.79 Å². The highest BCUT2D eigenvalue weighted by Crippen LogP contribution is 2.20. The van der Waals surface area contributed by atoms with Gasteiger partial charge in [-0.05, 0) is 42.6 Å². The molecule has 0 aliphatic carbocycles. The average Bonchev–Trinajstić information content (AvgIpc) is 3.16. The molecule has 0 aliphatic rings.